The molecule has 0 amide bonds. The zero-order valence-electron chi connectivity index (χ0n) is 10.3. The van der Waals surface area contributed by atoms with E-state index in [9.17, 15) is 9.59 Å². The van der Waals surface area contributed by atoms with Crippen LogP contribution in [0.4, 0.5) is 0 Å². The molecule has 94 valence electrons. The van der Waals surface area contributed by atoms with Gasteiger partial charge in [0.1, 0.15) is 5.76 Å². The summed E-state index contributed by atoms with van der Waals surface area (Å²) in [6.07, 6.45) is 0.159. The van der Waals surface area contributed by atoms with Crippen LogP contribution in [-0.4, -0.2) is 19.0 Å². The standard InChI is InChI=1S/C14H14O4/c1-9-13(14(16)17-2)11(8-12(15)18-9)10-6-4-3-5-7-10/h3-7,11H,8H2,1-2H3/t11-/m0/s1. The number of methoxy groups -OCH3 is 1. The van der Waals surface area contributed by atoms with Crippen molar-refractivity contribution in [1.29, 1.82) is 0 Å². The zero-order valence-corrected chi connectivity index (χ0v) is 10.3. The fourth-order valence-electron chi connectivity index (χ4n) is 2.15. The van der Waals surface area contributed by atoms with E-state index in [1.165, 1.54) is 7.11 Å². The summed E-state index contributed by atoms with van der Waals surface area (Å²) in [4.78, 5) is 23.3. The first-order valence-electron chi connectivity index (χ1n) is 5.68. The van der Waals surface area contributed by atoms with E-state index < -0.39 is 5.97 Å². The van der Waals surface area contributed by atoms with Gasteiger partial charge in [-0.3, -0.25) is 4.79 Å². The third kappa shape index (κ3) is 2.27. The Morgan fingerprint density at radius 1 is 1.33 bits per heavy atom. The minimum absolute atomic E-state index is 0.159. The van der Waals surface area contributed by atoms with Crippen LogP contribution in [0.1, 0.15) is 24.8 Å². The second-order valence-electron chi connectivity index (χ2n) is 4.10. The van der Waals surface area contributed by atoms with Gasteiger partial charge in [0.05, 0.1) is 19.1 Å². The first-order valence-corrected chi connectivity index (χ1v) is 5.68. The van der Waals surface area contributed by atoms with Crippen molar-refractivity contribution in [3.05, 3.63) is 47.2 Å². The molecule has 18 heavy (non-hydrogen) atoms. The predicted molar refractivity (Wildman–Crippen MR) is 64.6 cm³/mol. The minimum Gasteiger partial charge on any atom is -0.466 e. The normalized spacial score (nSPS) is 19.4. The van der Waals surface area contributed by atoms with E-state index in [0.717, 1.165) is 5.56 Å². The van der Waals surface area contributed by atoms with Gasteiger partial charge in [-0.1, -0.05) is 30.3 Å². The molecule has 0 aromatic heterocycles. The summed E-state index contributed by atoms with van der Waals surface area (Å²) in [6.45, 7) is 1.61. The molecule has 1 aromatic rings. The number of allylic oxidation sites excluding steroid dienone is 1. The van der Waals surface area contributed by atoms with Gasteiger partial charge >= 0.3 is 11.9 Å². The highest BCUT2D eigenvalue weighted by Crippen LogP contribution is 2.35. The van der Waals surface area contributed by atoms with Crippen LogP contribution in [0.3, 0.4) is 0 Å². The Morgan fingerprint density at radius 3 is 2.61 bits per heavy atom. The van der Waals surface area contributed by atoms with Gasteiger partial charge in [-0.15, -0.1) is 0 Å². The van der Waals surface area contributed by atoms with Crippen molar-refractivity contribution in [1.82, 2.24) is 0 Å². The zero-order chi connectivity index (χ0) is 13.1. The molecule has 0 saturated carbocycles. The van der Waals surface area contributed by atoms with Gasteiger partial charge in [0.25, 0.3) is 0 Å². The number of benzene rings is 1. The third-order valence-corrected chi connectivity index (χ3v) is 2.97. The molecule has 0 saturated heterocycles. The van der Waals surface area contributed by atoms with Gasteiger partial charge in [0, 0.05) is 5.92 Å². The highest BCUT2D eigenvalue weighted by Gasteiger charge is 2.33. The molecule has 0 N–H and O–H groups in total. The lowest BCUT2D eigenvalue weighted by Crippen LogP contribution is -2.24. The maximum Gasteiger partial charge on any atom is 0.337 e. The summed E-state index contributed by atoms with van der Waals surface area (Å²) >= 11 is 0. The number of ether oxygens (including phenoxy) is 2. The molecule has 4 heteroatoms. The number of esters is 2. The number of hydrogen-bond donors (Lipinski definition) is 0. The first kappa shape index (κ1) is 12.4. The Bertz CT molecular complexity index is 502. The Balaban J connectivity index is 2.46. The van der Waals surface area contributed by atoms with Crippen LogP contribution in [0, 0.1) is 0 Å². The third-order valence-electron chi connectivity index (χ3n) is 2.97. The van der Waals surface area contributed by atoms with Crippen LogP contribution in [0.15, 0.2) is 41.7 Å². The number of carbonyl (C=O) groups is 2. The largest absolute Gasteiger partial charge is 0.466 e. The van der Waals surface area contributed by atoms with Crippen molar-refractivity contribution < 1.29 is 19.1 Å². The molecular formula is C14H14O4. The van der Waals surface area contributed by atoms with Gasteiger partial charge < -0.3 is 9.47 Å². The number of hydrogen-bond acceptors (Lipinski definition) is 4. The second-order valence-corrected chi connectivity index (χ2v) is 4.10. The molecule has 0 aliphatic carbocycles. The van der Waals surface area contributed by atoms with Crippen LogP contribution in [-0.2, 0) is 19.1 Å². The van der Waals surface area contributed by atoms with Crippen LogP contribution in [0.25, 0.3) is 0 Å². The molecule has 1 aliphatic heterocycles. The molecule has 4 nitrogen and oxygen atoms in total. The Labute approximate surface area is 105 Å². The highest BCUT2D eigenvalue weighted by atomic mass is 16.5. The summed E-state index contributed by atoms with van der Waals surface area (Å²) in [6, 6.07) is 9.41. The molecule has 0 unspecified atom stereocenters. The van der Waals surface area contributed by atoms with E-state index in [-0.39, 0.29) is 18.3 Å². The van der Waals surface area contributed by atoms with Crippen molar-refractivity contribution in [2.24, 2.45) is 0 Å². The van der Waals surface area contributed by atoms with Crippen molar-refractivity contribution in [2.45, 2.75) is 19.3 Å². The number of cyclic esters (lactones) is 1. The molecule has 1 aromatic carbocycles. The van der Waals surface area contributed by atoms with E-state index in [1.54, 1.807) is 6.92 Å². The summed E-state index contributed by atoms with van der Waals surface area (Å²) in [5.74, 6) is -0.741. The molecule has 2 rings (SSSR count). The predicted octanol–water partition coefficient (Wildman–Crippen LogP) is 2.16. The lowest BCUT2D eigenvalue weighted by molar-refractivity contribution is -0.143. The SMILES string of the molecule is COC(=O)C1=C(C)OC(=O)C[C@H]1c1ccccc1. The summed E-state index contributed by atoms with van der Waals surface area (Å²) in [5, 5.41) is 0. The molecule has 0 spiro atoms. The molecule has 1 atom stereocenters. The second kappa shape index (κ2) is 5.04. The molecule has 1 aliphatic rings. The summed E-state index contributed by atoms with van der Waals surface area (Å²) in [7, 11) is 1.32. The van der Waals surface area contributed by atoms with Gasteiger partial charge in [-0.2, -0.15) is 0 Å². The molecule has 0 radical (unpaired) electrons. The van der Waals surface area contributed by atoms with Crippen LogP contribution in [0.2, 0.25) is 0 Å². The van der Waals surface area contributed by atoms with E-state index >= 15 is 0 Å². The lowest BCUT2D eigenvalue weighted by atomic mass is 9.86. The fraction of sp³-hybridized carbons (Fsp3) is 0.286. The minimum atomic E-state index is -0.450. The van der Waals surface area contributed by atoms with Crippen LogP contribution < -0.4 is 0 Å². The molecule has 0 bridgehead atoms. The first-order chi connectivity index (χ1) is 8.63. The molecular weight excluding hydrogens is 232 g/mol. The monoisotopic (exact) mass is 246 g/mol. The van der Waals surface area contributed by atoms with Crippen LogP contribution >= 0.6 is 0 Å². The quantitative estimate of drug-likeness (QED) is 0.750. The van der Waals surface area contributed by atoms with Gasteiger partial charge in [-0.05, 0) is 12.5 Å². The van der Waals surface area contributed by atoms with E-state index in [0.29, 0.717) is 11.3 Å². The highest BCUT2D eigenvalue weighted by molar-refractivity contribution is 5.93. The summed E-state index contributed by atoms with van der Waals surface area (Å²) < 4.78 is 9.77. The maximum absolute atomic E-state index is 11.8. The molecule has 1 heterocycles. The number of carbonyl (C=O) groups excluding carboxylic acids is 2. The van der Waals surface area contributed by atoms with E-state index in [2.05, 4.69) is 0 Å². The van der Waals surface area contributed by atoms with Gasteiger partial charge in [-0.25, -0.2) is 4.79 Å². The van der Waals surface area contributed by atoms with Crippen molar-refractivity contribution in [3.63, 3.8) is 0 Å². The Hall–Kier alpha value is -2.10. The van der Waals surface area contributed by atoms with E-state index in [4.69, 9.17) is 9.47 Å². The topological polar surface area (TPSA) is 52.6 Å². The van der Waals surface area contributed by atoms with Gasteiger partial charge in [0.2, 0.25) is 0 Å². The molecule has 0 fully saturated rings. The average Bonchev–Trinajstić information content (AvgIpc) is 2.38. The lowest BCUT2D eigenvalue weighted by Gasteiger charge is -2.24. The van der Waals surface area contributed by atoms with Crippen LogP contribution in [0.5, 0.6) is 0 Å². The van der Waals surface area contributed by atoms with E-state index in [1.807, 2.05) is 30.3 Å². The smallest absolute Gasteiger partial charge is 0.337 e. The Kier molecular flexibility index (Phi) is 3.46. The van der Waals surface area contributed by atoms with Crippen molar-refractivity contribution in [2.75, 3.05) is 7.11 Å². The maximum atomic E-state index is 11.8. The summed E-state index contributed by atoms with van der Waals surface area (Å²) in [5.41, 5.74) is 1.33. The van der Waals surface area contributed by atoms with Crippen molar-refractivity contribution >= 4 is 11.9 Å². The Morgan fingerprint density at radius 2 is 2.00 bits per heavy atom. The average molecular weight is 246 g/mol. The van der Waals surface area contributed by atoms with Gasteiger partial charge in [0.15, 0.2) is 0 Å². The van der Waals surface area contributed by atoms with Crippen molar-refractivity contribution in [3.8, 4) is 0 Å². The fourth-order valence-corrected chi connectivity index (χ4v) is 2.15. The number of rotatable bonds is 2.